The van der Waals surface area contributed by atoms with Crippen LogP contribution in [0.3, 0.4) is 0 Å². The van der Waals surface area contributed by atoms with Gasteiger partial charge >= 0.3 is 0 Å². The molecule has 1 aliphatic heterocycles. The van der Waals surface area contributed by atoms with E-state index in [9.17, 15) is 4.39 Å². The van der Waals surface area contributed by atoms with Crippen LogP contribution in [0.4, 0.5) is 4.39 Å². The molecule has 3 rings (SSSR count). The summed E-state index contributed by atoms with van der Waals surface area (Å²) in [6.45, 7) is 11.8. The summed E-state index contributed by atoms with van der Waals surface area (Å²) in [6, 6.07) is 5.17. The smallest absolute Gasteiger partial charge is 0.191 e. The zero-order valence-electron chi connectivity index (χ0n) is 17.5. The number of aliphatic imine (C=N–C) groups is 1. The number of nitrogens with one attached hydrogen (secondary N) is 2. The molecular formula is C21H31FN6O. The van der Waals surface area contributed by atoms with Crippen molar-refractivity contribution in [3.63, 3.8) is 0 Å². The third-order valence-corrected chi connectivity index (χ3v) is 5.11. The van der Waals surface area contributed by atoms with Crippen LogP contribution in [0.1, 0.15) is 26.3 Å². The second-order valence-corrected chi connectivity index (χ2v) is 7.72. The predicted octanol–water partition coefficient (Wildman–Crippen LogP) is 2.18. The molecule has 8 heteroatoms. The van der Waals surface area contributed by atoms with Gasteiger partial charge < -0.3 is 19.9 Å². The summed E-state index contributed by atoms with van der Waals surface area (Å²) in [5.41, 5.74) is 1.28. The van der Waals surface area contributed by atoms with Crippen LogP contribution in [-0.4, -0.2) is 65.3 Å². The number of aromatic nitrogens is 2. The Morgan fingerprint density at radius 2 is 2.07 bits per heavy atom. The number of halogens is 1. The molecule has 0 aliphatic carbocycles. The Labute approximate surface area is 172 Å². The van der Waals surface area contributed by atoms with Gasteiger partial charge in [-0.05, 0) is 38.5 Å². The summed E-state index contributed by atoms with van der Waals surface area (Å²) >= 11 is 0. The van der Waals surface area contributed by atoms with E-state index in [1.54, 1.807) is 29.4 Å². The summed E-state index contributed by atoms with van der Waals surface area (Å²) in [4.78, 5) is 11.0. The SMILES string of the molecule is CCNC(=NCc1ccc(-n2ccnc2)c(F)c1)NCC(C)(C)N1CCOCC1. The van der Waals surface area contributed by atoms with E-state index in [-0.39, 0.29) is 11.4 Å². The molecule has 1 fully saturated rings. The van der Waals surface area contributed by atoms with Gasteiger partial charge in [0.15, 0.2) is 5.96 Å². The second-order valence-electron chi connectivity index (χ2n) is 7.72. The highest BCUT2D eigenvalue weighted by Gasteiger charge is 2.28. The quantitative estimate of drug-likeness (QED) is 0.549. The topological polar surface area (TPSA) is 66.7 Å². The summed E-state index contributed by atoms with van der Waals surface area (Å²) in [5, 5.41) is 6.69. The molecule has 29 heavy (non-hydrogen) atoms. The summed E-state index contributed by atoms with van der Waals surface area (Å²) in [7, 11) is 0. The molecule has 1 aliphatic rings. The van der Waals surface area contributed by atoms with Gasteiger partial charge in [0, 0.05) is 44.1 Å². The van der Waals surface area contributed by atoms with Gasteiger partial charge in [-0.1, -0.05) is 6.07 Å². The molecule has 0 unspecified atom stereocenters. The Morgan fingerprint density at radius 1 is 1.28 bits per heavy atom. The summed E-state index contributed by atoms with van der Waals surface area (Å²) < 4.78 is 21.6. The van der Waals surface area contributed by atoms with E-state index in [2.05, 4.69) is 39.4 Å². The highest BCUT2D eigenvalue weighted by molar-refractivity contribution is 5.79. The van der Waals surface area contributed by atoms with Crippen LogP contribution in [-0.2, 0) is 11.3 Å². The minimum absolute atomic E-state index is 0.0153. The maximum absolute atomic E-state index is 14.5. The normalized spacial score (nSPS) is 16.1. The van der Waals surface area contributed by atoms with E-state index in [4.69, 9.17) is 4.74 Å². The van der Waals surface area contributed by atoms with Gasteiger partial charge in [0.2, 0.25) is 0 Å². The number of ether oxygens (including phenoxy) is 1. The first-order valence-electron chi connectivity index (χ1n) is 10.1. The monoisotopic (exact) mass is 402 g/mol. The number of benzene rings is 1. The zero-order chi connectivity index (χ0) is 20.7. The first-order chi connectivity index (χ1) is 14.0. The van der Waals surface area contributed by atoms with Crippen molar-refractivity contribution >= 4 is 5.96 Å². The molecule has 0 amide bonds. The minimum atomic E-state index is -0.290. The van der Waals surface area contributed by atoms with Gasteiger partial charge in [0.05, 0.1) is 31.8 Å². The number of nitrogens with zero attached hydrogens (tertiary/aromatic N) is 4. The van der Waals surface area contributed by atoms with Gasteiger partial charge in [-0.25, -0.2) is 14.4 Å². The van der Waals surface area contributed by atoms with Crippen molar-refractivity contribution in [3.8, 4) is 5.69 Å². The predicted molar refractivity (Wildman–Crippen MR) is 113 cm³/mol. The van der Waals surface area contributed by atoms with E-state index < -0.39 is 0 Å². The fourth-order valence-electron chi connectivity index (χ4n) is 3.35. The van der Waals surface area contributed by atoms with Crippen molar-refractivity contribution in [1.82, 2.24) is 25.1 Å². The molecule has 0 radical (unpaired) electrons. The number of morpholine rings is 1. The van der Waals surface area contributed by atoms with Crippen LogP contribution in [0.25, 0.3) is 5.69 Å². The van der Waals surface area contributed by atoms with Gasteiger partial charge in [-0.3, -0.25) is 4.90 Å². The van der Waals surface area contributed by atoms with E-state index in [1.165, 1.54) is 6.07 Å². The van der Waals surface area contributed by atoms with E-state index in [0.717, 1.165) is 50.9 Å². The van der Waals surface area contributed by atoms with Crippen molar-refractivity contribution in [2.45, 2.75) is 32.9 Å². The Hall–Kier alpha value is -2.45. The fraction of sp³-hybridized carbons (Fsp3) is 0.524. The first kappa shape index (κ1) is 21.3. The standard InChI is InChI=1S/C21H31FN6O/c1-4-24-20(26-15-21(2,3)28-9-11-29-12-10-28)25-14-17-5-6-19(18(22)13-17)27-8-7-23-16-27/h5-8,13,16H,4,9-12,14-15H2,1-3H3,(H2,24,25,26). The van der Waals surface area contributed by atoms with Crippen LogP contribution >= 0.6 is 0 Å². The van der Waals surface area contributed by atoms with Crippen LogP contribution in [0.15, 0.2) is 41.9 Å². The number of hydrogen-bond donors (Lipinski definition) is 2. The first-order valence-corrected chi connectivity index (χ1v) is 10.1. The summed E-state index contributed by atoms with van der Waals surface area (Å²) in [6.07, 6.45) is 4.93. The van der Waals surface area contributed by atoms with Crippen molar-refractivity contribution in [3.05, 3.63) is 48.3 Å². The van der Waals surface area contributed by atoms with Crippen LogP contribution in [0.5, 0.6) is 0 Å². The highest BCUT2D eigenvalue weighted by atomic mass is 19.1. The fourth-order valence-corrected chi connectivity index (χ4v) is 3.35. The van der Waals surface area contributed by atoms with Gasteiger partial charge in [-0.2, -0.15) is 0 Å². The lowest BCUT2D eigenvalue weighted by molar-refractivity contribution is -0.00834. The van der Waals surface area contributed by atoms with Crippen molar-refractivity contribution < 1.29 is 9.13 Å². The molecule has 2 aromatic rings. The molecule has 1 aromatic heterocycles. The van der Waals surface area contributed by atoms with Gasteiger partial charge in [-0.15, -0.1) is 0 Å². The highest BCUT2D eigenvalue weighted by Crippen LogP contribution is 2.16. The van der Waals surface area contributed by atoms with Crippen LogP contribution in [0, 0.1) is 5.82 Å². The van der Waals surface area contributed by atoms with Crippen molar-refractivity contribution in [2.75, 3.05) is 39.4 Å². The zero-order valence-corrected chi connectivity index (χ0v) is 17.5. The Bertz CT molecular complexity index is 800. The van der Waals surface area contributed by atoms with Gasteiger partial charge in [0.25, 0.3) is 0 Å². The second kappa shape index (κ2) is 9.84. The molecule has 1 aromatic carbocycles. The van der Waals surface area contributed by atoms with E-state index in [1.807, 2.05) is 13.0 Å². The lowest BCUT2D eigenvalue weighted by Crippen LogP contribution is -2.56. The lowest BCUT2D eigenvalue weighted by Gasteiger charge is -2.41. The minimum Gasteiger partial charge on any atom is -0.379 e. The average molecular weight is 403 g/mol. The van der Waals surface area contributed by atoms with Gasteiger partial charge in [0.1, 0.15) is 5.82 Å². The summed E-state index contributed by atoms with van der Waals surface area (Å²) in [5.74, 6) is 0.440. The third kappa shape index (κ3) is 5.77. The third-order valence-electron chi connectivity index (χ3n) is 5.11. The number of rotatable bonds is 7. The van der Waals surface area contributed by atoms with Crippen molar-refractivity contribution in [2.24, 2.45) is 4.99 Å². The van der Waals surface area contributed by atoms with Crippen molar-refractivity contribution in [1.29, 1.82) is 0 Å². The Balaban J connectivity index is 1.62. The molecule has 158 valence electrons. The molecule has 7 nitrogen and oxygen atoms in total. The van der Waals surface area contributed by atoms with E-state index in [0.29, 0.717) is 12.2 Å². The molecule has 0 atom stereocenters. The number of imidazole rings is 1. The number of hydrogen-bond acceptors (Lipinski definition) is 4. The lowest BCUT2D eigenvalue weighted by atomic mass is 10.0. The molecule has 0 saturated carbocycles. The van der Waals surface area contributed by atoms with Crippen LogP contribution < -0.4 is 10.6 Å². The largest absolute Gasteiger partial charge is 0.379 e. The molecular weight excluding hydrogens is 371 g/mol. The maximum atomic E-state index is 14.5. The Kier molecular flexibility index (Phi) is 7.22. The average Bonchev–Trinajstić information content (AvgIpc) is 3.25. The van der Waals surface area contributed by atoms with E-state index >= 15 is 0 Å². The molecule has 2 N–H and O–H groups in total. The molecule has 0 spiro atoms. The number of guanidine groups is 1. The Morgan fingerprint density at radius 3 is 2.72 bits per heavy atom. The molecule has 1 saturated heterocycles. The molecule has 0 bridgehead atoms. The maximum Gasteiger partial charge on any atom is 0.191 e. The molecule has 2 heterocycles. The van der Waals surface area contributed by atoms with Crippen LogP contribution in [0.2, 0.25) is 0 Å².